The number of aromatic nitrogens is 1. The highest BCUT2D eigenvalue weighted by Crippen LogP contribution is 2.38. The van der Waals surface area contributed by atoms with Crippen LogP contribution in [0.25, 0.3) is 22.2 Å². The molecule has 186 valence electrons. The van der Waals surface area contributed by atoms with Crippen LogP contribution in [-0.2, 0) is 6.18 Å². The maximum atomic E-state index is 13.8. The summed E-state index contributed by atoms with van der Waals surface area (Å²) in [5.41, 5.74) is 0.930. The summed E-state index contributed by atoms with van der Waals surface area (Å²) in [6.45, 7) is 0. The van der Waals surface area contributed by atoms with E-state index in [1.54, 1.807) is 67.5 Å². The fraction of sp³-hybridized carbons (Fsp3) is 0.185. The van der Waals surface area contributed by atoms with E-state index in [0.717, 1.165) is 6.07 Å². The third-order valence-electron chi connectivity index (χ3n) is 5.71. The third-order valence-corrected chi connectivity index (χ3v) is 5.71. The second-order valence-electron chi connectivity index (χ2n) is 8.22. The van der Waals surface area contributed by atoms with E-state index in [1.165, 1.54) is 26.4 Å². The Bertz CT molecular complexity index is 1440. The Kier molecular flexibility index (Phi) is 6.74. The summed E-state index contributed by atoms with van der Waals surface area (Å²) in [7, 11) is 6.32. The van der Waals surface area contributed by atoms with Crippen LogP contribution in [0.4, 0.5) is 24.5 Å². The molecule has 0 aliphatic heterocycles. The topological polar surface area (TPSA) is 63.7 Å². The van der Waals surface area contributed by atoms with E-state index in [2.05, 4.69) is 10.3 Å². The number of nitrogens with zero attached hydrogens (tertiary/aromatic N) is 2. The molecule has 4 rings (SSSR count). The summed E-state index contributed by atoms with van der Waals surface area (Å²) in [5, 5.41) is 2.97. The van der Waals surface area contributed by atoms with Gasteiger partial charge in [-0.2, -0.15) is 13.2 Å². The molecule has 3 aromatic carbocycles. The first-order valence-corrected chi connectivity index (χ1v) is 10.9. The number of carbonyl (C=O) groups excluding carboxylic acids is 1. The van der Waals surface area contributed by atoms with Crippen molar-refractivity contribution in [3.8, 4) is 22.8 Å². The van der Waals surface area contributed by atoms with Crippen LogP contribution in [0, 0.1) is 0 Å². The highest BCUT2D eigenvalue weighted by Gasteiger charge is 2.34. The van der Waals surface area contributed by atoms with Gasteiger partial charge in [-0.15, -0.1) is 0 Å². The molecule has 0 bridgehead atoms. The van der Waals surface area contributed by atoms with Gasteiger partial charge in [0.15, 0.2) is 11.5 Å². The van der Waals surface area contributed by atoms with Gasteiger partial charge < -0.3 is 19.7 Å². The number of ether oxygens (including phenoxy) is 2. The number of alkyl halides is 3. The van der Waals surface area contributed by atoms with E-state index in [1.807, 2.05) is 0 Å². The van der Waals surface area contributed by atoms with Crippen molar-refractivity contribution in [1.82, 2.24) is 4.98 Å². The Balaban J connectivity index is 1.81. The number of benzene rings is 3. The van der Waals surface area contributed by atoms with E-state index >= 15 is 0 Å². The molecule has 36 heavy (non-hydrogen) atoms. The van der Waals surface area contributed by atoms with Gasteiger partial charge >= 0.3 is 6.18 Å². The van der Waals surface area contributed by atoms with Crippen LogP contribution < -0.4 is 19.7 Å². The van der Waals surface area contributed by atoms with Gasteiger partial charge in [0.05, 0.1) is 42.2 Å². The van der Waals surface area contributed by atoms with Crippen molar-refractivity contribution in [1.29, 1.82) is 0 Å². The molecule has 4 aromatic rings. The molecular weight excluding hydrogens is 471 g/mol. The quantitative estimate of drug-likeness (QED) is 0.342. The van der Waals surface area contributed by atoms with Crippen LogP contribution in [0.5, 0.6) is 11.5 Å². The highest BCUT2D eigenvalue weighted by atomic mass is 19.4. The van der Waals surface area contributed by atoms with Crippen LogP contribution in [0.3, 0.4) is 0 Å². The Morgan fingerprint density at radius 3 is 2.31 bits per heavy atom. The number of carbonyl (C=O) groups is 1. The van der Waals surface area contributed by atoms with Crippen molar-refractivity contribution in [2.24, 2.45) is 0 Å². The number of rotatable bonds is 6. The largest absolute Gasteiger partial charge is 0.493 e. The SMILES string of the molecule is COc1ccc(-c2cc(C(=O)Nc3ccc(N(C)C)cc3C(F)(F)F)c3ccccc3n2)cc1OC. The van der Waals surface area contributed by atoms with E-state index in [4.69, 9.17) is 9.47 Å². The average molecular weight is 496 g/mol. The summed E-state index contributed by atoms with van der Waals surface area (Å²) in [4.78, 5) is 19.6. The van der Waals surface area contributed by atoms with Gasteiger partial charge in [-0.25, -0.2) is 4.98 Å². The van der Waals surface area contributed by atoms with Crippen molar-refractivity contribution >= 4 is 28.2 Å². The van der Waals surface area contributed by atoms with Crippen molar-refractivity contribution in [2.75, 3.05) is 38.5 Å². The minimum atomic E-state index is -4.65. The molecule has 6 nitrogen and oxygen atoms in total. The number of para-hydroxylation sites is 1. The zero-order chi connectivity index (χ0) is 26.0. The lowest BCUT2D eigenvalue weighted by atomic mass is 10.0. The zero-order valence-corrected chi connectivity index (χ0v) is 20.1. The third kappa shape index (κ3) is 4.91. The first-order valence-electron chi connectivity index (χ1n) is 10.9. The maximum Gasteiger partial charge on any atom is 0.418 e. The average Bonchev–Trinajstić information content (AvgIpc) is 2.86. The van der Waals surface area contributed by atoms with Crippen LogP contribution in [0.2, 0.25) is 0 Å². The molecule has 0 atom stereocenters. The lowest BCUT2D eigenvalue weighted by Gasteiger charge is -2.19. The van der Waals surface area contributed by atoms with Crippen LogP contribution >= 0.6 is 0 Å². The number of nitrogens with one attached hydrogen (secondary N) is 1. The Hall–Kier alpha value is -4.27. The molecule has 0 radical (unpaired) electrons. The predicted octanol–water partition coefficient (Wildman–Crippen LogP) is 6.26. The Morgan fingerprint density at radius 1 is 0.917 bits per heavy atom. The minimum absolute atomic E-state index is 0.190. The molecule has 9 heteroatoms. The molecule has 0 saturated heterocycles. The first kappa shape index (κ1) is 24.8. The summed E-state index contributed by atoms with van der Waals surface area (Å²) >= 11 is 0. The Labute approximate surface area is 206 Å². The molecule has 0 fully saturated rings. The Morgan fingerprint density at radius 2 is 1.64 bits per heavy atom. The zero-order valence-electron chi connectivity index (χ0n) is 20.1. The molecule has 0 saturated carbocycles. The molecule has 0 aliphatic carbocycles. The molecule has 0 aliphatic rings. The van der Waals surface area contributed by atoms with E-state index in [-0.39, 0.29) is 11.3 Å². The number of methoxy groups -OCH3 is 2. The van der Waals surface area contributed by atoms with E-state index < -0.39 is 17.6 Å². The van der Waals surface area contributed by atoms with Crippen LogP contribution in [-0.4, -0.2) is 39.2 Å². The number of pyridine rings is 1. The predicted molar refractivity (Wildman–Crippen MR) is 134 cm³/mol. The van der Waals surface area contributed by atoms with Crippen LogP contribution in [0.15, 0.2) is 66.7 Å². The molecular formula is C27H24F3N3O3. The summed E-state index contributed by atoms with van der Waals surface area (Å²) in [6, 6.07) is 17.5. The van der Waals surface area contributed by atoms with Gasteiger partial charge in [0, 0.05) is 30.7 Å². The van der Waals surface area contributed by atoms with Gasteiger partial charge in [-0.1, -0.05) is 18.2 Å². The summed E-state index contributed by atoms with van der Waals surface area (Å²) in [6.07, 6.45) is -4.65. The molecule has 0 spiro atoms. The summed E-state index contributed by atoms with van der Waals surface area (Å²) < 4.78 is 52.1. The van der Waals surface area contributed by atoms with Crippen molar-refractivity contribution in [2.45, 2.75) is 6.18 Å². The molecule has 1 amide bonds. The van der Waals surface area contributed by atoms with Gasteiger partial charge in [0.2, 0.25) is 0 Å². The minimum Gasteiger partial charge on any atom is -0.493 e. The molecule has 1 aromatic heterocycles. The number of hydrogen-bond donors (Lipinski definition) is 1. The highest BCUT2D eigenvalue weighted by molar-refractivity contribution is 6.13. The normalized spacial score (nSPS) is 11.3. The number of halogens is 3. The van der Waals surface area contributed by atoms with Crippen molar-refractivity contribution in [3.05, 3.63) is 77.9 Å². The van der Waals surface area contributed by atoms with Crippen molar-refractivity contribution < 1.29 is 27.4 Å². The van der Waals surface area contributed by atoms with E-state index in [9.17, 15) is 18.0 Å². The van der Waals surface area contributed by atoms with Crippen LogP contribution in [0.1, 0.15) is 15.9 Å². The number of fused-ring (bicyclic) bond motifs is 1. The fourth-order valence-corrected chi connectivity index (χ4v) is 3.85. The lowest BCUT2D eigenvalue weighted by molar-refractivity contribution is -0.136. The number of hydrogen-bond acceptors (Lipinski definition) is 5. The van der Waals surface area contributed by atoms with Gasteiger partial charge in [0.25, 0.3) is 5.91 Å². The maximum absolute atomic E-state index is 13.8. The lowest BCUT2D eigenvalue weighted by Crippen LogP contribution is -2.18. The first-order chi connectivity index (χ1) is 17.1. The standard InChI is InChI=1S/C27H24F3N3O3/c1-33(2)17-10-11-22(20(14-17)27(28,29)30)32-26(34)19-15-23(31-21-8-6-5-7-18(19)21)16-9-12-24(35-3)25(13-16)36-4/h5-15H,1-4H3,(H,32,34). The van der Waals surface area contributed by atoms with Gasteiger partial charge in [0.1, 0.15) is 0 Å². The summed E-state index contributed by atoms with van der Waals surface area (Å²) in [5.74, 6) is 0.325. The number of amides is 1. The van der Waals surface area contributed by atoms with Gasteiger partial charge in [-0.05, 0) is 48.5 Å². The molecule has 1 N–H and O–H groups in total. The van der Waals surface area contributed by atoms with Gasteiger partial charge in [-0.3, -0.25) is 4.79 Å². The second-order valence-corrected chi connectivity index (χ2v) is 8.22. The fourth-order valence-electron chi connectivity index (χ4n) is 3.85. The van der Waals surface area contributed by atoms with E-state index in [0.29, 0.717) is 39.3 Å². The number of anilines is 2. The monoisotopic (exact) mass is 495 g/mol. The van der Waals surface area contributed by atoms with Crippen molar-refractivity contribution in [3.63, 3.8) is 0 Å². The second kappa shape index (κ2) is 9.77. The smallest absolute Gasteiger partial charge is 0.418 e. The molecule has 0 unspecified atom stereocenters. The molecule has 1 heterocycles.